The molecule has 1 N–H and O–H groups in total. The van der Waals surface area contributed by atoms with Crippen LogP contribution < -0.4 is 10.2 Å². The Hall–Kier alpha value is -2.47. The standard InChI is InChI=1S/C22H31N5O/c1-2-8-20(19-9-4-3-5-10-19)21(28)23-13-7-14-26-15-17-27(18-16-26)22-24-11-6-12-25-22/h3-6,9-12,20H,2,7-8,13-18H2,1H3,(H,23,28). The predicted molar refractivity (Wildman–Crippen MR) is 112 cm³/mol. The number of hydrogen-bond acceptors (Lipinski definition) is 5. The number of aromatic nitrogens is 2. The van der Waals surface area contributed by atoms with E-state index in [0.29, 0.717) is 0 Å². The maximum Gasteiger partial charge on any atom is 0.227 e. The number of nitrogens with zero attached hydrogens (tertiary/aromatic N) is 4. The lowest BCUT2D eigenvalue weighted by atomic mass is 9.93. The van der Waals surface area contributed by atoms with Crippen molar-refractivity contribution in [3.63, 3.8) is 0 Å². The Balaban J connectivity index is 1.37. The number of rotatable bonds is 9. The van der Waals surface area contributed by atoms with Gasteiger partial charge in [-0.05, 0) is 31.0 Å². The van der Waals surface area contributed by atoms with Gasteiger partial charge >= 0.3 is 0 Å². The normalized spacial score (nSPS) is 16.0. The van der Waals surface area contributed by atoms with Crippen LogP contribution in [0.1, 0.15) is 37.7 Å². The summed E-state index contributed by atoms with van der Waals surface area (Å²) in [5.74, 6) is 0.928. The molecule has 1 aliphatic rings. The second-order valence-corrected chi connectivity index (χ2v) is 7.27. The Labute approximate surface area is 168 Å². The van der Waals surface area contributed by atoms with Crippen LogP contribution in [-0.4, -0.2) is 60.0 Å². The van der Waals surface area contributed by atoms with Crippen LogP contribution in [0.5, 0.6) is 0 Å². The van der Waals surface area contributed by atoms with Gasteiger partial charge in [0.05, 0.1) is 5.92 Å². The van der Waals surface area contributed by atoms with Gasteiger partial charge in [-0.15, -0.1) is 0 Å². The van der Waals surface area contributed by atoms with Gasteiger partial charge in [0, 0.05) is 45.1 Å². The lowest BCUT2D eigenvalue weighted by molar-refractivity contribution is -0.122. The first-order valence-electron chi connectivity index (χ1n) is 10.3. The molecule has 1 fully saturated rings. The van der Waals surface area contributed by atoms with E-state index in [1.165, 1.54) is 0 Å². The Morgan fingerprint density at radius 1 is 1.07 bits per heavy atom. The van der Waals surface area contributed by atoms with Crippen molar-refractivity contribution in [3.8, 4) is 0 Å². The minimum absolute atomic E-state index is 0.0411. The molecule has 1 atom stereocenters. The zero-order valence-electron chi connectivity index (χ0n) is 16.8. The third-order valence-electron chi connectivity index (χ3n) is 5.25. The Bertz CT molecular complexity index is 701. The van der Waals surface area contributed by atoms with Crippen LogP contribution in [0.25, 0.3) is 0 Å². The Kier molecular flexibility index (Phi) is 7.79. The summed E-state index contributed by atoms with van der Waals surface area (Å²) in [4.78, 5) is 26.0. The second kappa shape index (κ2) is 10.8. The lowest BCUT2D eigenvalue weighted by Crippen LogP contribution is -2.47. The number of nitrogens with one attached hydrogen (secondary N) is 1. The van der Waals surface area contributed by atoms with E-state index in [1.807, 2.05) is 24.3 Å². The van der Waals surface area contributed by atoms with Gasteiger partial charge < -0.3 is 10.2 Å². The van der Waals surface area contributed by atoms with E-state index in [1.54, 1.807) is 12.4 Å². The van der Waals surface area contributed by atoms with Crippen molar-refractivity contribution in [2.24, 2.45) is 0 Å². The van der Waals surface area contributed by atoms with E-state index < -0.39 is 0 Å². The number of piperazine rings is 1. The van der Waals surface area contributed by atoms with Gasteiger partial charge in [0.2, 0.25) is 11.9 Å². The molecule has 150 valence electrons. The SMILES string of the molecule is CCCC(C(=O)NCCCN1CCN(c2ncccn2)CC1)c1ccccc1. The molecule has 1 saturated heterocycles. The van der Waals surface area contributed by atoms with E-state index in [0.717, 1.165) is 70.0 Å². The van der Waals surface area contributed by atoms with Crippen molar-refractivity contribution in [1.29, 1.82) is 0 Å². The Morgan fingerprint density at radius 2 is 1.79 bits per heavy atom. The molecule has 2 aromatic rings. The highest BCUT2D eigenvalue weighted by atomic mass is 16.1. The second-order valence-electron chi connectivity index (χ2n) is 7.27. The van der Waals surface area contributed by atoms with Crippen molar-refractivity contribution >= 4 is 11.9 Å². The van der Waals surface area contributed by atoms with Crippen LogP contribution >= 0.6 is 0 Å². The topological polar surface area (TPSA) is 61.4 Å². The van der Waals surface area contributed by atoms with E-state index in [9.17, 15) is 4.79 Å². The molecule has 6 heteroatoms. The summed E-state index contributed by atoms with van der Waals surface area (Å²) in [6, 6.07) is 12.0. The van der Waals surface area contributed by atoms with Crippen molar-refractivity contribution < 1.29 is 4.79 Å². The molecule has 6 nitrogen and oxygen atoms in total. The fourth-order valence-electron chi connectivity index (χ4n) is 3.69. The zero-order chi connectivity index (χ0) is 19.6. The minimum atomic E-state index is -0.0411. The summed E-state index contributed by atoms with van der Waals surface area (Å²) in [6.45, 7) is 7.78. The minimum Gasteiger partial charge on any atom is -0.356 e. The highest BCUT2D eigenvalue weighted by Gasteiger charge is 2.20. The number of benzene rings is 1. The molecule has 0 aliphatic carbocycles. The zero-order valence-corrected chi connectivity index (χ0v) is 16.8. The quantitative estimate of drug-likeness (QED) is 0.677. The molecule has 1 aromatic heterocycles. The van der Waals surface area contributed by atoms with Crippen LogP contribution in [0.4, 0.5) is 5.95 Å². The van der Waals surface area contributed by atoms with Crippen molar-refractivity contribution in [3.05, 3.63) is 54.4 Å². The smallest absolute Gasteiger partial charge is 0.227 e. The first-order chi connectivity index (χ1) is 13.8. The first-order valence-corrected chi connectivity index (χ1v) is 10.3. The number of amides is 1. The van der Waals surface area contributed by atoms with Crippen LogP contribution in [0.2, 0.25) is 0 Å². The highest BCUT2D eigenvalue weighted by Crippen LogP contribution is 2.21. The Morgan fingerprint density at radius 3 is 2.46 bits per heavy atom. The summed E-state index contributed by atoms with van der Waals surface area (Å²) in [5.41, 5.74) is 1.11. The molecule has 0 bridgehead atoms. The monoisotopic (exact) mass is 381 g/mol. The maximum absolute atomic E-state index is 12.6. The molecule has 1 unspecified atom stereocenters. The largest absolute Gasteiger partial charge is 0.356 e. The fraction of sp³-hybridized carbons (Fsp3) is 0.500. The van der Waals surface area contributed by atoms with Gasteiger partial charge in [-0.25, -0.2) is 9.97 Å². The molecule has 2 heterocycles. The molecular formula is C22H31N5O. The molecule has 3 rings (SSSR count). The lowest BCUT2D eigenvalue weighted by Gasteiger charge is -2.34. The average molecular weight is 382 g/mol. The maximum atomic E-state index is 12.6. The molecule has 1 aromatic carbocycles. The van der Waals surface area contributed by atoms with Gasteiger partial charge in [0.25, 0.3) is 0 Å². The first kappa shape index (κ1) is 20.3. The molecule has 1 aliphatic heterocycles. The van der Waals surface area contributed by atoms with Crippen LogP contribution in [0, 0.1) is 0 Å². The number of carbonyl (C=O) groups excluding carboxylic acids is 1. The summed E-state index contributed by atoms with van der Waals surface area (Å²) >= 11 is 0. The molecule has 1 amide bonds. The van der Waals surface area contributed by atoms with Crippen molar-refractivity contribution in [1.82, 2.24) is 20.2 Å². The van der Waals surface area contributed by atoms with Crippen molar-refractivity contribution in [2.75, 3.05) is 44.2 Å². The third kappa shape index (κ3) is 5.76. The van der Waals surface area contributed by atoms with Crippen LogP contribution in [-0.2, 0) is 4.79 Å². The number of carbonyl (C=O) groups is 1. The molecule has 0 radical (unpaired) electrons. The van der Waals surface area contributed by atoms with E-state index >= 15 is 0 Å². The van der Waals surface area contributed by atoms with Gasteiger partial charge in [-0.3, -0.25) is 9.69 Å². The molecule has 28 heavy (non-hydrogen) atoms. The van der Waals surface area contributed by atoms with E-state index in [2.05, 4.69) is 44.1 Å². The van der Waals surface area contributed by atoms with Crippen molar-refractivity contribution in [2.45, 2.75) is 32.1 Å². The van der Waals surface area contributed by atoms with Crippen LogP contribution in [0.3, 0.4) is 0 Å². The summed E-state index contributed by atoms with van der Waals surface area (Å²) < 4.78 is 0. The average Bonchev–Trinajstić information content (AvgIpc) is 2.76. The molecule has 0 spiro atoms. The molecule has 0 saturated carbocycles. The van der Waals surface area contributed by atoms with Gasteiger partial charge in [-0.2, -0.15) is 0 Å². The number of hydrogen-bond donors (Lipinski definition) is 1. The van der Waals surface area contributed by atoms with Gasteiger partial charge in [0.1, 0.15) is 0 Å². The van der Waals surface area contributed by atoms with E-state index in [-0.39, 0.29) is 11.8 Å². The molecular weight excluding hydrogens is 350 g/mol. The predicted octanol–water partition coefficient (Wildman–Crippen LogP) is 2.69. The van der Waals surface area contributed by atoms with Gasteiger partial charge in [-0.1, -0.05) is 43.7 Å². The van der Waals surface area contributed by atoms with E-state index in [4.69, 9.17) is 0 Å². The van der Waals surface area contributed by atoms with Crippen LogP contribution in [0.15, 0.2) is 48.8 Å². The highest BCUT2D eigenvalue weighted by molar-refractivity contribution is 5.83. The van der Waals surface area contributed by atoms with Gasteiger partial charge in [0.15, 0.2) is 0 Å². The summed E-state index contributed by atoms with van der Waals surface area (Å²) in [7, 11) is 0. The summed E-state index contributed by atoms with van der Waals surface area (Å²) in [6.07, 6.45) is 6.44. The summed E-state index contributed by atoms with van der Waals surface area (Å²) in [5, 5.41) is 3.14. The number of anilines is 1. The fourth-order valence-corrected chi connectivity index (χ4v) is 3.69. The third-order valence-corrected chi connectivity index (χ3v) is 5.25.